The fourth-order valence-electron chi connectivity index (χ4n) is 2.22. The SMILES string of the molecule is CON1CCC(NC(=O)N2CCOCC2)CC1. The van der Waals surface area contributed by atoms with Gasteiger partial charge in [0.25, 0.3) is 0 Å². The number of morpholine rings is 1. The summed E-state index contributed by atoms with van der Waals surface area (Å²) in [5, 5.41) is 5.01. The summed E-state index contributed by atoms with van der Waals surface area (Å²) in [7, 11) is 1.69. The van der Waals surface area contributed by atoms with Crippen LogP contribution in [0.5, 0.6) is 0 Å². The molecular weight excluding hydrogens is 222 g/mol. The van der Waals surface area contributed by atoms with Gasteiger partial charge in [-0.15, -0.1) is 0 Å². The van der Waals surface area contributed by atoms with E-state index in [9.17, 15) is 4.79 Å². The van der Waals surface area contributed by atoms with Crippen LogP contribution in [0.1, 0.15) is 12.8 Å². The van der Waals surface area contributed by atoms with E-state index in [-0.39, 0.29) is 12.1 Å². The first kappa shape index (κ1) is 12.6. The van der Waals surface area contributed by atoms with E-state index < -0.39 is 0 Å². The van der Waals surface area contributed by atoms with Crippen LogP contribution in [-0.4, -0.2) is 68.5 Å². The van der Waals surface area contributed by atoms with E-state index in [4.69, 9.17) is 9.57 Å². The normalized spacial score (nSPS) is 23.7. The standard InChI is InChI=1S/C11H21N3O3/c1-16-14-4-2-10(3-5-14)12-11(15)13-6-8-17-9-7-13/h10H,2-9H2,1H3,(H,12,15). The van der Waals surface area contributed by atoms with Gasteiger partial charge in [-0.1, -0.05) is 0 Å². The molecule has 2 heterocycles. The van der Waals surface area contributed by atoms with Crippen LogP contribution < -0.4 is 5.32 Å². The Morgan fingerprint density at radius 2 is 1.88 bits per heavy atom. The number of hydrogen-bond acceptors (Lipinski definition) is 4. The molecule has 0 unspecified atom stereocenters. The Balaban J connectivity index is 1.71. The molecule has 0 atom stereocenters. The Hall–Kier alpha value is -0.850. The minimum Gasteiger partial charge on any atom is -0.378 e. The Labute approximate surface area is 102 Å². The summed E-state index contributed by atoms with van der Waals surface area (Å²) in [5.74, 6) is 0. The van der Waals surface area contributed by atoms with Gasteiger partial charge in [-0.3, -0.25) is 0 Å². The lowest BCUT2D eigenvalue weighted by molar-refractivity contribution is -0.144. The van der Waals surface area contributed by atoms with Crippen molar-refractivity contribution >= 4 is 6.03 Å². The van der Waals surface area contributed by atoms with Gasteiger partial charge < -0.3 is 19.8 Å². The van der Waals surface area contributed by atoms with Crippen molar-refractivity contribution in [3.8, 4) is 0 Å². The first-order valence-electron chi connectivity index (χ1n) is 6.22. The first-order valence-corrected chi connectivity index (χ1v) is 6.22. The lowest BCUT2D eigenvalue weighted by Gasteiger charge is -2.33. The number of hydroxylamine groups is 2. The summed E-state index contributed by atoms with van der Waals surface area (Å²) in [6.45, 7) is 4.45. The number of rotatable bonds is 2. The van der Waals surface area contributed by atoms with E-state index in [1.807, 2.05) is 9.96 Å². The zero-order valence-electron chi connectivity index (χ0n) is 10.4. The van der Waals surface area contributed by atoms with Crippen LogP contribution >= 0.6 is 0 Å². The van der Waals surface area contributed by atoms with Crippen LogP contribution in [-0.2, 0) is 9.57 Å². The minimum atomic E-state index is 0.0455. The van der Waals surface area contributed by atoms with Gasteiger partial charge in [-0.2, -0.15) is 5.06 Å². The average molecular weight is 243 g/mol. The Morgan fingerprint density at radius 1 is 1.24 bits per heavy atom. The summed E-state index contributed by atoms with van der Waals surface area (Å²) >= 11 is 0. The number of nitrogens with one attached hydrogen (secondary N) is 1. The number of nitrogens with zero attached hydrogens (tertiary/aromatic N) is 2. The van der Waals surface area contributed by atoms with E-state index in [1.54, 1.807) is 7.11 Å². The Kier molecular flexibility index (Phi) is 4.58. The molecule has 0 saturated carbocycles. The van der Waals surface area contributed by atoms with E-state index in [2.05, 4.69) is 5.32 Å². The minimum absolute atomic E-state index is 0.0455. The molecule has 0 aromatic heterocycles. The second-order valence-corrected chi connectivity index (χ2v) is 4.43. The Bertz CT molecular complexity index is 248. The van der Waals surface area contributed by atoms with Gasteiger partial charge in [-0.25, -0.2) is 4.79 Å². The van der Waals surface area contributed by atoms with Crippen molar-refractivity contribution in [2.45, 2.75) is 18.9 Å². The van der Waals surface area contributed by atoms with Gasteiger partial charge in [0, 0.05) is 32.2 Å². The van der Waals surface area contributed by atoms with Crippen molar-refractivity contribution in [2.75, 3.05) is 46.5 Å². The van der Waals surface area contributed by atoms with Crippen molar-refractivity contribution in [3.05, 3.63) is 0 Å². The molecule has 2 saturated heterocycles. The second kappa shape index (κ2) is 6.18. The molecular formula is C11H21N3O3. The number of carbonyl (C=O) groups excluding carboxylic acids is 1. The van der Waals surface area contributed by atoms with Crippen molar-refractivity contribution < 1.29 is 14.4 Å². The van der Waals surface area contributed by atoms with Gasteiger partial charge in [0.2, 0.25) is 0 Å². The summed E-state index contributed by atoms with van der Waals surface area (Å²) in [4.78, 5) is 18.9. The van der Waals surface area contributed by atoms with Crippen LogP contribution in [0, 0.1) is 0 Å². The quantitative estimate of drug-likeness (QED) is 0.745. The molecule has 17 heavy (non-hydrogen) atoms. The highest BCUT2D eigenvalue weighted by atomic mass is 16.7. The topological polar surface area (TPSA) is 54.0 Å². The maximum atomic E-state index is 11.9. The maximum Gasteiger partial charge on any atom is 0.317 e. The predicted molar refractivity (Wildman–Crippen MR) is 62.5 cm³/mol. The third-order valence-electron chi connectivity index (χ3n) is 3.34. The molecule has 2 fully saturated rings. The van der Waals surface area contributed by atoms with Gasteiger partial charge in [-0.05, 0) is 12.8 Å². The summed E-state index contributed by atoms with van der Waals surface area (Å²) in [6.07, 6.45) is 1.90. The molecule has 2 aliphatic rings. The Morgan fingerprint density at radius 3 is 2.47 bits per heavy atom. The third kappa shape index (κ3) is 3.55. The number of hydrogen-bond donors (Lipinski definition) is 1. The molecule has 0 bridgehead atoms. The monoisotopic (exact) mass is 243 g/mol. The zero-order chi connectivity index (χ0) is 12.1. The van der Waals surface area contributed by atoms with Gasteiger partial charge in [0.1, 0.15) is 0 Å². The second-order valence-electron chi connectivity index (χ2n) is 4.43. The van der Waals surface area contributed by atoms with Crippen molar-refractivity contribution in [3.63, 3.8) is 0 Å². The van der Waals surface area contributed by atoms with E-state index in [0.717, 1.165) is 25.9 Å². The highest BCUT2D eigenvalue weighted by Gasteiger charge is 2.23. The lowest BCUT2D eigenvalue weighted by atomic mass is 10.1. The molecule has 2 rings (SSSR count). The van der Waals surface area contributed by atoms with E-state index in [1.165, 1.54) is 0 Å². The van der Waals surface area contributed by atoms with Crippen LogP contribution in [0.3, 0.4) is 0 Å². The van der Waals surface area contributed by atoms with Crippen molar-refractivity contribution in [1.29, 1.82) is 0 Å². The fraction of sp³-hybridized carbons (Fsp3) is 0.909. The van der Waals surface area contributed by atoms with Gasteiger partial charge in [0.15, 0.2) is 0 Å². The zero-order valence-corrected chi connectivity index (χ0v) is 10.4. The summed E-state index contributed by atoms with van der Waals surface area (Å²) in [5.41, 5.74) is 0. The highest BCUT2D eigenvalue weighted by Crippen LogP contribution is 2.10. The molecule has 0 aliphatic carbocycles. The van der Waals surface area contributed by atoms with Crippen molar-refractivity contribution in [1.82, 2.24) is 15.3 Å². The van der Waals surface area contributed by atoms with Crippen LogP contribution in [0.15, 0.2) is 0 Å². The number of piperidine rings is 1. The molecule has 0 spiro atoms. The average Bonchev–Trinajstić information content (AvgIpc) is 2.40. The number of amides is 2. The molecule has 0 aromatic carbocycles. The molecule has 2 amide bonds. The summed E-state index contributed by atoms with van der Waals surface area (Å²) in [6, 6.07) is 0.320. The fourth-order valence-corrected chi connectivity index (χ4v) is 2.22. The van der Waals surface area contributed by atoms with Crippen LogP contribution in [0.2, 0.25) is 0 Å². The smallest absolute Gasteiger partial charge is 0.317 e. The molecule has 98 valence electrons. The number of ether oxygens (including phenoxy) is 1. The maximum absolute atomic E-state index is 11.9. The van der Waals surface area contributed by atoms with E-state index >= 15 is 0 Å². The largest absolute Gasteiger partial charge is 0.378 e. The van der Waals surface area contributed by atoms with Gasteiger partial charge >= 0.3 is 6.03 Å². The molecule has 1 N–H and O–H groups in total. The summed E-state index contributed by atoms with van der Waals surface area (Å²) < 4.78 is 5.22. The molecule has 0 radical (unpaired) electrons. The number of carbonyl (C=O) groups is 1. The number of urea groups is 1. The molecule has 6 heteroatoms. The van der Waals surface area contributed by atoms with Crippen LogP contribution in [0.25, 0.3) is 0 Å². The highest BCUT2D eigenvalue weighted by molar-refractivity contribution is 5.74. The van der Waals surface area contributed by atoms with Crippen molar-refractivity contribution in [2.24, 2.45) is 0 Å². The van der Waals surface area contributed by atoms with Crippen LogP contribution in [0.4, 0.5) is 4.79 Å². The lowest BCUT2D eigenvalue weighted by Crippen LogP contribution is -2.51. The molecule has 6 nitrogen and oxygen atoms in total. The van der Waals surface area contributed by atoms with Gasteiger partial charge in [0.05, 0.1) is 20.3 Å². The first-order chi connectivity index (χ1) is 8.29. The predicted octanol–water partition coefficient (Wildman–Crippen LogP) is 0.0540. The van der Waals surface area contributed by atoms with E-state index in [0.29, 0.717) is 26.3 Å². The third-order valence-corrected chi connectivity index (χ3v) is 3.34. The molecule has 0 aromatic rings. The molecule has 2 aliphatic heterocycles.